The second-order valence-electron chi connectivity index (χ2n) is 4.89. The molecule has 0 atom stereocenters. The summed E-state index contributed by atoms with van der Waals surface area (Å²) in [4.78, 5) is 14.6. The minimum absolute atomic E-state index is 0.0463. The zero-order valence-electron chi connectivity index (χ0n) is 12.2. The highest BCUT2D eigenvalue weighted by Crippen LogP contribution is 2.37. The Bertz CT molecular complexity index is 714. The van der Waals surface area contributed by atoms with Gasteiger partial charge >= 0.3 is 12.1 Å². The van der Waals surface area contributed by atoms with Crippen LogP contribution in [0.3, 0.4) is 0 Å². The van der Waals surface area contributed by atoms with Gasteiger partial charge in [-0.3, -0.25) is 9.78 Å². The highest BCUT2D eigenvalue weighted by molar-refractivity contribution is 5.71. The Kier molecular flexibility index (Phi) is 4.88. The minimum Gasteiger partial charge on any atom is -0.496 e. The van der Waals surface area contributed by atoms with Crippen LogP contribution < -0.4 is 4.74 Å². The van der Waals surface area contributed by atoms with Crippen molar-refractivity contribution in [2.24, 2.45) is 0 Å². The summed E-state index contributed by atoms with van der Waals surface area (Å²) < 4.78 is 43.3. The molecule has 0 amide bonds. The normalized spacial score (nSPS) is 11.3. The minimum atomic E-state index is -4.45. The number of aromatic nitrogens is 1. The number of aliphatic carboxylic acids is 1. The number of hydrogen-bond acceptors (Lipinski definition) is 3. The summed E-state index contributed by atoms with van der Waals surface area (Å²) in [7, 11) is 1.29. The van der Waals surface area contributed by atoms with Crippen LogP contribution >= 0.6 is 0 Å². The highest BCUT2D eigenvalue weighted by atomic mass is 19.4. The summed E-state index contributed by atoms with van der Waals surface area (Å²) in [6.07, 6.45) is -1.18. The number of benzene rings is 1. The predicted octanol–water partition coefficient (Wildman–Crippen LogP) is 3.79. The van der Waals surface area contributed by atoms with Gasteiger partial charge in [0, 0.05) is 29.9 Å². The molecule has 0 fully saturated rings. The van der Waals surface area contributed by atoms with Gasteiger partial charge in [-0.15, -0.1) is 0 Å². The molecule has 122 valence electrons. The van der Waals surface area contributed by atoms with Gasteiger partial charge in [-0.25, -0.2) is 0 Å². The lowest BCUT2D eigenvalue weighted by atomic mass is 10.0. The number of carbonyl (C=O) groups is 1. The molecule has 0 aliphatic rings. The van der Waals surface area contributed by atoms with Crippen LogP contribution in [0.2, 0.25) is 0 Å². The molecule has 23 heavy (non-hydrogen) atoms. The first-order valence-corrected chi connectivity index (χ1v) is 6.72. The van der Waals surface area contributed by atoms with Crippen molar-refractivity contribution in [2.75, 3.05) is 7.11 Å². The van der Waals surface area contributed by atoms with Crippen LogP contribution in [0.15, 0.2) is 36.7 Å². The quantitative estimate of drug-likeness (QED) is 0.908. The SMILES string of the molecule is COc1cc(C(F)(F)F)ccc1-c1cncc(CCC(=O)O)c1. The molecule has 2 rings (SSSR count). The maximum absolute atomic E-state index is 12.8. The zero-order valence-corrected chi connectivity index (χ0v) is 12.2. The number of nitrogens with zero attached hydrogens (tertiary/aromatic N) is 1. The Morgan fingerprint density at radius 1 is 1.26 bits per heavy atom. The molecule has 0 saturated heterocycles. The standard InChI is InChI=1S/C16H14F3NO3/c1-23-14-7-12(16(17,18)19)3-4-13(14)11-6-10(8-20-9-11)2-5-15(21)22/h3-4,6-9H,2,5H2,1H3,(H,21,22). The van der Waals surface area contributed by atoms with Crippen LogP contribution in [-0.4, -0.2) is 23.2 Å². The van der Waals surface area contributed by atoms with E-state index >= 15 is 0 Å². The number of carboxylic acids is 1. The van der Waals surface area contributed by atoms with Crippen LogP contribution in [0.1, 0.15) is 17.5 Å². The fourth-order valence-corrected chi connectivity index (χ4v) is 2.13. The van der Waals surface area contributed by atoms with E-state index in [9.17, 15) is 18.0 Å². The van der Waals surface area contributed by atoms with Gasteiger partial charge in [0.25, 0.3) is 0 Å². The molecule has 2 aromatic rings. The maximum atomic E-state index is 12.8. The van der Waals surface area contributed by atoms with E-state index < -0.39 is 17.7 Å². The summed E-state index contributed by atoms with van der Waals surface area (Å²) >= 11 is 0. The van der Waals surface area contributed by atoms with E-state index in [1.165, 1.54) is 25.6 Å². The summed E-state index contributed by atoms with van der Waals surface area (Å²) in [6.45, 7) is 0. The van der Waals surface area contributed by atoms with Gasteiger partial charge in [0.1, 0.15) is 5.75 Å². The van der Waals surface area contributed by atoms with Gasteiger partial charge in [0.15, 0.2) is 0 Å². The predicted molar refractivity (Wildman–Crippen MR) is 77.2 cm³/mol. The van der Waals surface area contributed by atoms with E-state index in [0.717, 1.165) is 12.1 Å². The molecule has 0 aliphatic heterocycles. The van der Waals surface area contributed by atoms with Crippen LogP contribution in [-0.2, 0) is 17.4 Å². The van der Waals surface area contributed by atoms with E-state index in [-0.39, 0.29) is 12.2 Å². The van der Waals surface area contributed by atoms with Crippen LogP contribution in [0.5, 0.6) is 5.75 Å². The number of carboxylic acid groups (broad SMARTS) is 1. The maximum Gasteiger partial charge on any atom is 0.416 e. The first-order chi connectivity index (χ1) is 10.8. The monoisotopic (exact) mass is 325 g/mol. The van der Waals surface area contributed by atoms with Gasteiger partial charge in [-0.2, -0.15) is 13.2 Å². The third kappa shape index (κ3) is 4.21. The van der Waals surface area contributed by atoms with E-state index in [4.69, 9.17) is 9.84 Å². The van der Waals surface area contributed by atoms with Crippen molar-refractivity contribution in [1.29, 1.82) is 0 Å². The van der Waals surface area contributed by atoms with E-state index in [1.807, 2.05) is 0 Å². The van der Waals surface area contributed by atoms with Gasteiger partial charge < -0.3 is 9.84 Å². The molecule has 4 nitrogen and oxygen atoms in total. The van der Waals surface area contributed by atoms with E-state index in [1.54, 1.807) is 6.07 Å². The Morgan fingerprint density at radius 3 is 2.61 bits per heavy atom. The van der Waals surface area contributed by atoms with Crippen molar-refractivity contribution >= 4 is 5.97 Å². The van der Waals surface area contributed by atoms with Crippen LogP contribution in [0.4, 0.5) is 13.2 Å². The summed E-state index contributed by atoms with van der Waals surface area (Å²) in [5, 5.41) is 8.70. The summed E-state index contributed by atoms with van der Waals surface area (Å²) in [5.74, 6) is -0.848. The molecule has 0 saturated carbocycles. The molecule has 0 spiro atoms. The molecule has 1 aromatic heterocycles. The number of halogens is 3. The Balaban J connectivity index is 2.38. The lowest BCUT2D eigenvalue weighted by Gasteiger charge is -2.13. The number of hydrogen-bond donors (Lipinski definition) is 1. The van der Waals surface area contributed by atoms with Gasteiger partial charge in [-0.05, 0) is 36.2 Å². The van der Waals surface area contributed by atoms with Gasteiger partial charge in [0.2, 0.25) is 0 Å². The Labute approximate surface area is 130 Å². The summed E-state index contributed by atoms with van der Waals surface area (Å²) in [5.41, 5.74) is 0.920. The molecular weight excluding hydrogens is 311 g/mol. The smallest absolute Gasteiger partial charge is 0.416 e. The molecule has 7 heteroatoms. The number of pyridine rings is 1. The van der Waals surface area contributed by atoms with E-state index in [0.29, 0.717) is 23.1 Å². The van der Waals surface area contributed by atoms with E-state index in [2.05, 4.69) is 4.98 Å². The average Bonchev–Trinajstić information content (AvgIpc) is 2.51. The topological polar surface area (TPSA) is 59.4 Å². The number of alkyl halides is 3. The first kappa shape index (κ1) is 16.8. The molecule has 0 radical (unpaired) electrons. The van der Waals surface area contributed by atoms with Crippen molar-refractivity contribution in [3.63, 3.8) is 0 Å². The second kappa shape index (κ2) is 6.68. The number of aryl methyl sites for hydroxylation is 1. The molecule has 1 aromatic carbocycles. The molecule has 0 bridgehead atoms. The van der Waals surface area contributed by atoms with Crippen molar-refractivity contribution in [3.8, 4) is 16.9 Å². The zero-order chi connectivity index (χ0) is 17.0. The highest BCUT2D eigenvalue weighted by Gasteiger charge is 2.31. The molecular formula is C16H14F3NO3. The molecule has 1 heterocycles. The molecule has 0 aliphatic carbocycles. The first-order valence-electron chi connectivity index (χ1n) is 6.72. The third-order valence-corrected chi connectivity index (χ3v) is 3.26. The fraction of sp³-hybridized carbons (Fsp3) is 0.250. The lowest BCUT2D eigenvalue weighted by molar-refractivity contribution is -0.138. The number of ether oxygens (including phenoxy) is 1. The Hall–Kier alpha value is -2.57. The van der Waals surface area contributed by atoms with Crippen molar-refractivity contribution in [3.05, 3.63) is 47.8 Å². The lowest BCUT2D eigenvalue weighted by Crippen LogP contribution is -2.05. The van der Waals surface area contributed by atoms with Crippen LogP contribution in [0, 0.1) is 0 Å². The van der Waals surface area contributed by atoms with Crippen molar-refractivity contribution in [1.82, 2.24) is 4.98 Å². The average molecular weight is 325 g/mol. The Morgan fingerprint density at radius 2 is 2.00 bits per heavy atom. The molecule has 0 unspecified atom stereocenters. The van der Waals surface area contributed by atoms with Crippen molar-refractivity contribution < 1.29 is 27.8 Å². The fourth-order valence-electron chi connectivity index (χ4n) is 2.13. The van der Waals surface area contributed by atoms with Crippen molar-refractivity contribution in [2.45, 2.75) is 19.0 Å². The number of rotatable bonds is 5. The third-order valence-electron chi connectivity index (χ3n) is 3.26. The largest absolute Gasteiger partial charge is 0.496 e. The van der Waals surface area contributed by atoms with Gasteiger partial charge in [0.05, 0.1) is 12.7 Å². The number of methoxy groups -OCH3 is 1. The van der Waals surface area contributed by atoms with Gasteiger partial charge in [-0.1, -0.05) is 0 Å². The second-order valence-corrected chi connectivity index (χ2v) is 4.89. The van der Waals surface area contributed by atoms with Crippen LogP contribution in [0.25, 0.3) is 11.1 Å². The molecule has 1 N–H and O–H groups in total. The summed E-state index contributed by atoms with van der Waals surface area (Å²) in [6, 6.07) is 4.92.